The molecule has 7 aliphatic rings. The van der Waals surface area contributed by atoms with E-state index in [2.05, 4.69) is 24.0 Å². The fourth-order valence-corrected chi connectivity index (χ4v) is 9.31. The molecule has 6 atom stereocenters. The minimum Gasteiger partial charge on any atom is -0.493 e. The number of ether oxygens (including phenoxy) is 3. The van der Waals surface area contributed by atoms with E-state index in [0.29, 0.717) is 6.04 Å². The second-order valence-corrected chi connectivity index (χ2v) is 11.7. The molecule has 8 rings (SSSR count). The number of piperidine rings is 1. The van der Waals surface area contributed by atoms with Crippen LogP contribution in [-0.2, 0) is 16.6 Å². The van der Waals surface area contributed by atoms with Gasteiger partial charge in [-0.1, -0.05) is 13.0 Å². The predicted octanol–water partition coefficient (Wildman–Crippen LogP) is 3.30. The van der Waals surface area contributed by atoms with Crippen molar-refractivity contribution in [3.63, 3.8) is 0 Å². The van der Waals surface area contributed by atoms with Crippen LogP contribution in [-0.4, -0.2) is 61.7 Å². The van der Waals surface area contributed by atoms with Gasteiger partial charge in [0.15, 0.2) is 11.5 Å². The molecule has 4 bridgehead atoms. The molecule has 5 fully saturated rings. The highest BCUT2D eigenvalue weighted by atomic mass is 16.6. The summed E-state index contributed by atoms with van der Waals surface area (Å²) < 4.78 is 19.2. The van der Waals surface area contributed by atoms with Crippen LogP contribution in [0.5, 0.6) is 11.5 Å². The van der Waals surface area contributed by atoms with Crippen molar-refractivity contribution in [3.05, 3.63) is 23.3 Å². The molecule has 2 aliphatic heterocycles. The molecule has 2 heterocycles. The van der Waals surface area contributed by atoms with Gasteiger partial charge in [-0.15, -0.1) is 0 Å². The van der Waals surface area contributed by atoms with Crippen molar-refractivity contribution < 1.29 is 19.3 Å². The van der Waals surface area contributed by atoms with Gasteiger partial charge >= 0.3 is 0 Å². The van der Waals surface area contributed by atoms with Crippen LogP contribution >= 0.6 is 0 Å². The number of hydrogen-bond donors (Lipinski definition) is 1. The van der Waals surface area contributed by atoms with Crippen molar-refractivity contribution in [1.29, 1.82) is 0 Å². The van der Waals surface area contributed by atoms with Crippen LogP contribution in [0.4, 0.5) is 0 Å². The van der Waals surface area contributed by atoms with Crippen molar-refractivity contribution in [3.8, 4) is 11.5 Å². The summed E-state index contributed by atoms with van der Waals surface area (Å²) in [6, 6.07) is 4.94. The maximum atomic E-state index is 10.7. The fraction of sp³-hybridized carbons (Fsp3) is 0.769. The highest BCUT2D eigenvalue weighted by Gasteiger charge is 2.83. The molecule has 5 nitrogen and oxygen atoms in total. The number of fused-ring (bicyclic) bond motifs is 2. The van der Waals surface area contributed by atoms with E-state index in [-0.39, 0.29) is 29.0 Å². The molecule has 1 saturated heterocycles. The molecule has 0 radical (unpaired) electrons. The zero-order valence-corrected chi connectivity index (χ0v) is 19.1. The number of nitrogens with zero attached hydrogens (tertiary/aromatic N) is 1. The van der Waals surface area contributed by atoms with Crippen molar-refractivity contribution >= 4 is 0 Å². The molecular formula is C26H35NO4. The molecule has 4 saturated carbocycles. The van der Waals surface area contributed by atoms with Gasteiger partial charge in [0.2, 0.25) is 0 Å². The first-order valence-electron chi connectivity index (χ1n) is 12.3. The van der Waals surface area contributed by atoms with Crippen molar-refractivity contribution in [2.75, 3.05) is 33.9 Å². The fourth-order valence-electron chi connectivity index (χ4n) is 9.31. The first-order valence-corrected chi connectivity index (χ1v) is 12.3. The molecule has 1 N–H and O–H groups in total. The van der Waals surface area contributed by atoms with Crippen LogP contribution in [0.2, 0.25) is 0 Å². The molecule has 5 heteroatoms. The van der Waals surface area contributed by atoms with E-state index in [9.17, 15) is 5.11 Å². The number of aliphatic hydroxyl groups is 1. The number of methoxy groups -OCH3 is 2. The van der Waals surface area contributed by atoms with Crippen LogP contribution < -0.4 is 9.47 Å². The summed E-state index contributed by atoms with van der Waals surface area (Å²) in [4.78, 5) is 2.84. The molecule has 0 amide bonds. The first-order chi connectivity index (χ1) is 15.0. The summed E-state index contributed by atoms with van der Waals surface area (Å²) in [5, 5.41) is 10.7. The number of benzene rings is 1. The molecule has 0 aromatic heterocycles. The molecule has 0 unspecified atom stereocenters. The van der Waals surface area contributed by atoms with E-state index in [1.165, 1.54) is 30.5 Å². The van der Waals surface area contributed by atoms with Gasteiger partial charge < -0.3 is 19.3 Å². The van der Waals surface area contributed by atoms with Gasteiger partial charge in [0, 0.05) is 41.5 Å². The Labute approximate surface area is 185 Å². The first kappa shape index (κ1) is 19.2. The molecule has 2 spiro atoms. The molecule has 1 aromatic rings. The smallest absolute Gasteiger partial charge is 0.165 e. The Morgan fingerprint density at radius 3 is 2.74 bits per heavy atom. The minimum absolute atomic E-state index is 0.0296. The van der Waals surface area contributed by atoms with Crippen molar-refractivity contribution in [2.45, 2.75) is 75.0 Å². The second-order valence-electron chi connectivity index (χ2n) is 11.7. The van der Waals surface area contributed by atoms with E-state index >= 15 is 0 Å². The Kier molecular flexibility index (Phi) is 3.58. The average molecular weight is 426 g/mol. The maximum absolute atomic E-state index is 10.7. The lowest BCUT2D eigenvalue weighted by Gasteiger charge is -2.76. The van der Waals surface area contributed by atoms with Gasteiger partial charge in [-0.3, -0.25) is 4.90 Å². The van der Waals surface area contributed by atoms with E-state index in [4.69, 9.17) is 14.2 Å². The third-order valence-corrected chi connectivity index (χ3v) is 10.7. The molecule has 1 aromatic carbocycles. The van der Waals surface area contributed by atoms with Crippen LogP contribution in [0, 0.1) is 16.7 Å². The zero-order chi connectivity index (χ0) is 21.2. The van der Waals surface area contributed by atoms with Crippen LogP contribution in [0.3, 0.4) is 0 Å². The Morgan fingerprint density at radius 2 is 2.03 bits per heavy atom. The Hall–Kier alpha value is -1.30. The standard InChI is InChI=1S/C26H35NO4/c1-23(15-28)14-24-8-9-26(23,30-3)22-25(24)10-11-27(13-16-4-5-16)19(24)12-17-6-7-18(29-2)21(31-22)20(17)25/h6-7,16,19,22,28H,4-5,8-15H2,1-3H3/t19-,22-,23-,24-,25+,26+/m1/s1. The van der Waals surface area contributed by atoms with Gasteiger partial charge in [-0.05, 0) is 69.0 Å². The lowest BCUT2D eigenvalue weighted by molar-refractivity contribution is -0.311. The van der Waals surface area contributed by atoms with E-state index < -0.39 is 5.60 Å². The van der Waals surface area contributed by atoms with E-state index in [1.807, 2.05) is 7.11 Å². The number of aliphatic hydroxyl groups excluding tert-OH is 1. The van der Waals surface area contributed by atoms with Gasteiger partial charge in [-0.2, -0.15) is 0 Å². The normalized spacial score (nSPS) is 46.6. The number of rotatable bonds is 5. The van der Waals surface area contributed by atoms with Crippen molar-refractivity contribution in [2.24, 2.45) is 16.7 Å². The summed E-state index contributed by atoms with van der Waals surface area (Å²) in [6.07, 6.45) is 8.11. The van der Waals surface area contributed by atoms with Crippen LogP contribution in [0.25, 0.3) is 0 Å². The third kappa shape index (κ3) is 1.90. The van der Waals surface area contributed by atoms with E-state index in [0.717, 1.165) is 56.1 Å². The molecular weight excluding hydrogens is 390 g/mol. The molecule has 31 heavy (non-hydrogen) atoms. The Bertz CT molecular complexity index is 961. The highest BCUT2D eigenvalue weighted by Crippen LogP contribution is 2.78. The summed E-state index contributed by atoms with van der Waals surface area (Å²) in [7, 11) is 3.59. The summed E-state index contributed by atoms with van der Waals surface area (Å²) in [6.45, 7) is 4.80. The van der Waals surface area contributed by atoms with Gasteiger partial charge in [0.25, 0.3) is 0 Å². The van der Waals surface area contributed by atoms with Crippen molar-refractivity contribution in [1.82, 2.24) is 4.90 Å². The number of likely N-dealkylation sites (tertiary alicyclic amines) is 1. The largest absolute Gasteiger partial charge is 0.493 e. The average Bonchev–Trinajstić information content (AvgIpc) is 3.52. The predicted molar refractivity (Wildman–Crippen MR) is 117 cm³/mol. The summed E-state index contributed by atoms with van der Waals surface area (Å²) >= 11 is 0. The lowest BCUT2D eigenvalue weighted by atomic mass is 9.32. The second kappa shape index (κ2) is 5.78. The van der Waals surface area contributed by atoms with Crippen LogP contribution in [0.15, 0.2) is 12.1 Å². The van der Waals surface area contributed by atoms with Gasteiger partial charge in [0.05, 0.1) is 13.7 Å². The SMILES string of the molecule is COc1ccc2c3c1O[C@H]1[C@@]4(OC)CC[C@@]5(C[C@]4(C)CO)[C@@H](C2)N(CC2CC2)CC[C@]315. The summed E-state index contributed by atoms with van der Waals surface area (Å²) in [5.74, 6) is 2.71. The number of hydrogen-bond acceptors (Lipinski definition) is 5. The maximum Gasteiger partial charge on any atom is 0.165 e. The van der Waals surface area contributed by atoms with E-state index in [1.54, 1.807) is 7.11 Å². The highest BCUT2D eigenvalue weighted by molar-refractivity contribution is 5.64. The Balaban J connectivity index is 1.50. The lowest BCUT2D eigenvalue weighted by Crippen LogP contribution is -2.83. The molecule has 5 aliphatic carbocycles. The monoisotopic (exact) mass is 425 g/mol. The summed E-state index contributed by atoms with van der Waals surface area (Å²) in [5.41, 5.74) is 2.22. The zero-order valence-electron chi connectivity index (χ0n) is 19.1. The third-order valence-electron chi connectivity index (χ3n) is 10.7. The van der Waals surface area contributed by atoms with Crippen LogP contribution in [0.1, 0.15) is 56.6 Å². The minimum atomic E-state index is -0.467. The Morgan fingerprint density at radius 1 is 1.19 bits per heavy atom. The molecule has 168 valence electrons. The van der Waals surface area contributed by atoms with Gasteiger partial charge in [-0.25, -0.2) is 0 Å². The quantitative estimate of drug-likeness (QED) is 0.785. The van der Waals surface area contributed by atoms with Gasteiger partial charge in [0.1, 0.15) is 11.7 Å². The topological polar surface area (TPSA) is 51.2 Å².